The van der Waals surface area contributed by atoms with Crippen molar-refractivity contribution >= 4 is 29.4 Å². The number of carbonyl (C=O) groups excluding carboxylic acids is 3. The highest BCUT2D eigenvalue weighted by Crippen LogP contribution is 2.38. The summed E-state index contributed by atoms with van der Waals surface area (Å²) in [6, 6.07) is 5.28. The molecule has 2 aromatic rings. The van der Waals surface area contributed by atoms with Crippen molar-refractivity contribution in [1.29, 1.82) is 0 Å². The molecule has 1 saturated heterocycles. The van der Waals surface area contributed by atoms with E-state index in [4.69, 9.17) is 4.74 Å². The molecule has 1 aromatic carbocycles. The van der Waals surface area contributed by atoms with E-state index in [0.717, 1.165) is 31.0 Å². The average molecular weight is 534 g/mol. The van der Waals surface area contributed by atoms with Crippen molar-refractivity contribution in [2.75, 3.05) is 16.8 Å². The molecule has 2 saturated carbocycles. The fourth-order valence-corrected chi connectivity index (χ4v) is 5.11. The van der Waals surface area contributed by atoms with Crippen molar-refractivity contribution in [3.05, 3.63) is 41.1 Å². The third-order valence-electron chi connectivity index (χ3n) is 7.50. The fraction of sp³-hybridized carbons (Fsp3) is 0.538. The molecule has 5 rings (SSSR count). The number of H-pyrrole nitrogens is 1. The van der Waals surface area contributed by atoms with Crippen LogP contribution < -0.4 is 15.5 Å². The molecule has 9 nitrogen and oxygen atoms in total. The number of rotatable bonds is 7. The van der Waals surface area contributed by atoms with Crippen molar-refractivity contribution in [2.24, 2.45) is 0 Å². The van der Waals surface area contributed by atoms with E-state index in [9.17, 15) is 27.6 Å². The smallest absolute Gasteiger partial charge is 0.416 e. The van der Waals surface area contributed by atoms with Gasteiger partial charge >= 0.3 is 12.3 Å². The number of hydrogen-bond donors (Lipinski definition) is 3. The molecule has 12 heteroatoms. The molecule has 2 aliphatic carbocycles. The Morgan fingerprint density at radius 3 is 2.71 bits per heavy atom. The standard InChI is InChI=1S/C26H30F3N5O4/c1-25(8-9-25)31-24(37)38-18-7-5-16(11-18)20-14-21(33-32-20)30-22(35)12-15-4-6-17(13-19(15)26(27,28)29)34-10-2-3-23(34)36/h4,6,13-14,16,18H,2-3,5,7-12H2,1H3,(H,31,37)(H2,30,32,33,35)/t16-,18+/m0/s1. The van der Waals surface area contributed by atoms with Gasteiger partial charge in [0.25, 0.3) is 0 Å². The van der Waals surface area contributed by atoms with Gasteiger partial charge in [-0.1, -0.05) is 6.07 Å². The predicted octanol–water partition coefficient (Wildman–Crippen LogP) is 4.65. The van der Waals surface area contributed by atoms with Gasteiger partial charge in [-0.25, -0.2) is 4.79 Å². The highest BCUT2D eigenvalue weighted by molar-refractivity contribution is 5.96. The molecule has 2 heterocycles. The molecule has 1 aromatic heterocycles. The Hall–Kier alpha value is -3.57. The molecule has 0 unspecified atom stereocenters. The Morgan fingerprint density at radius 1 is 1.24 bits per heavy atom. The number of hydrogen-bond acceptors (Lipinski definition) is 5. The number of benzene rings is 1. The van der Waals surface area contributed by atoms with Crippen LogP contribution in [0.25, 0.3) is 0 Å². The van der Waals surface area contributed by atoms with Gasteiger partial charge in [-0.05, 0) is 63.1 Å². The summed E-state index contributed by atoms with van der Waals surface area (Å²) < 4.78 is 46.9. The van der Waals surface area contributed by atoms with Crippen LogP contribution in [0.15, 0.2) is 24.3 Å². The zero-order valence-electron chi connectivity index (χ0n) is 21.0. The van der Waals surface area contributed by atoms with E-state index in [2.05, 4.69) is 20.8 Å². The molecule has 3 amide bonds. The second-order valence-electron chi connectivity index (χ2n) is 10.6. The fourth-order valence-electron chi connectivity index (χ4n) is 5.11. The van der Waals surface area contributed by atoms with Crippen LogP contribution in [-0.2, 0) is 26.9 Å². The maximum Gasteiger partial charge on any atom is 0.416 e. The summed E-state index contributed by atoms with van der Waals surface area (Å²) in [5.74, 6) is -0.591. The van der Waals surface area contributed by atoms with E-state index in [1.165, 1.54) is 17.0 Å². The van der Waals surface area contributed by atoms with Crippen molar-refractivity contribution in [1.82, 2.24) is 15.5 Å². The van der Waals surface area contributed by atoms with Gasteiger partial charge in [0.1, 0.15) is 6.10 Å². The first-order valence-electron chi connectivity index (χ1n) is 12.8. The van der Waals surface area contributed by atoms with Crippen molar-refractivity contribution in [3.8, 4) is 0 Å². The first-order chi connectivity index (χ1) is 18.0. The lowest BCUT2D eigenvalue weighted by Crippen LogP contribution is -2.36. The quantitative estimate of drug-likeness (QED) is 0.479. The third-order valence-corrected chi connectivity index (χ3v) is 7.50. The van der Waals surface area contributed by atoms with E-state index >= 15 is 0 Å². The molecular formula is C26H30F3N5O4. The maximum absolute atomic E-state index is 13.8. The minimum Gasteiger partial charge on any atom is -0.446 e. The number of aromatic amines is 1. The van der Waals surface area contributed by atoms with E-state index in [1.807, 2.05) is 6.92 Å². The lowest BCUT2D eigenvalue weighted by molar-refractivity contribution is -0.138. The Morgan fingerprint density at radius 2 is 2.03 bits per heavy atom. The Balaban J connectivity index is 1.18. The minimum absolute atomic E-state index is 0.0557. The maximum atomic E-state index is 13.8. The molecule has 3 N–H and O–H groups in total. The highest BCUT2D eigenvalue weighted by Gasteiger charge is 2.40. The van der Waals surface area contributed by atoms with Crippen LogP contribution in [0.5, 0.6) is 0 Å². The molecule has 0 spiro atoms. The number of nitrogens with zero attached hydrogens (tertiary/aromatic N) is 2. The van der Waals surface area contributed by atoms with Crippen LogP contribution in [-0.4, -0.2) is 46.3 Å². The number of amides is 3. The molecule has 204 valence electrons. The number of halogens is 3. The zero-order chi connectivity index (χ0) is 27.1. The minimum atomic E-state index is -4.68. The van der Waals surface area contributed by atoms with Crippen LogP contribution in [0, 0.1) is 0 Å². The van der Waals surface area contributed by atoms with E-state index < -0.39 is 30.2 Å². The topological polar surface area (TPSA) is 116 Å². The number of alkyl carbamates (subject to hydrolysis) is 1. The van der Waals surface area contributed by atoms with Crippen molar-refractivity contribution < 1.29 is 32.3 Å². The van der Waals surface area contributed by atoms with Crippen LogP contribution in [0.2, 0.25) is 0 Å². The van der Waals surface area contributed by atoms with Gasteiger partial charge in [0.05, 0.1) is 12.0 Å². The molecule has 0 bridgehead atoms. The summed E-state index contributed by atoms with van der Waals surface area (Å²) in [6.45, 7) is 2.35. The SMILES string of the molecule is CC1(NC(=O)O[C@@H]2CC[C@H](c3cc(NC(=O)Cc4ccc(N5CCCC5=O)cc4C(F)(F)F)n[nH]3)C2)CC1. The lowest BCUT2D eigenvalue weighted by Gasteiger charge is -2.19. The third kappa shape index (κ3) is 5.94. The number of aromatic nitrogens is 2. The number of ether oxygens (including phenoxy) is 1. The number of anilines is 2. The van der Waals surface area contributed by atoms with Crippen LogP contribution in [0.3, 0.4) is 0 Å². The number of carbonyl (C=O) groups is 3. The van der Waals surface area contributed by atoms with Crippen LogP contribution in [0.1, 0.15) is 74.6 Å². The van der Waals surface area contributed by atoms with Gasteiger partial charge in [0, 0.05) is 41.9 Å². The molecule has 1 aliphatic heterocycles. The second-order valence-corrected chi connectivity index (χ2v) is 10.6. The summed E-state index contributed by atoms with van der Waals surface area (Å²) in [4.78, 5) is 38.0. The first-order valence-corrected chi connectivity index (χ1v) is 12.8. The zero-order valence-corrected chi connectivity index (χ0v) is 21.0. The van der Waals surface area contributed by atoms with Crippen LogP contribution >= 0.6 is 0 Å². The van der Waals surface area contributed by atoms with Gasteiger partial charge in [0.15, 0.2) is 5.82 Å². The average Bonchev–Trinajstić information content (AvgIpc) is 3.24. The van der Waals surface area contributed by atoms with Gasteiger partial charge < -0.3 is 20.3 Å². The Bertz CT molecular complexity index is 1240. The summed E-state index contributed by atoms with van der Waals surface area (Å²) in [7, 11) is 0. The molecule has 3 fully saturated rings. The Labute approximate surface area is 217 Å². The second kappa shape index (κ2) is 9.95. The van der Waals surface area contributed by atoms with Gasteiger partial charge in [-0.2, -0.15) is 18.3 Å². The monoisotopic (exact) mass is 533 g/mol. The molecule has 3 aliphatic rings. The normalized spacial score (nSPS) is 22.4. The van der Waals surface area contributed by atoms with Gasteiger partial charge in [0.2, 0.25) is 11.8 Å². The summed E-state index contributed by atoms with van der Waals surface area (Å²) in [5, 5.41) is 12.4. The van der Waals surface area contributed by atoms with Crippen molar-refractivity contribution in [3.63, 3.8) is 0 Å². The summed E-state index contributed by atoms with van der Waals surface area (Å²) in [5.41, 5.74) is -0.336. The number of alkyl halides is 3. The van der Waals surface area contributed by atoms with Gasteiger partial charge in [-0.15, -0.1) is 0 Å². The van der Waals surface area contributed by atoms with E-state index in [0.29, 0.717) is 32.2 Å². The largest absolute Gasteiger partial charge is 0.446 e. The molecule has 2 atom stereocenters. The molecule has 0 radical (unpaired) electrons. The highest BCUT2D eigenvalue weighted by atomic mass is 19.4. The Kier molecular flexibility index (Phi) is 6.83. The van der Waals surface area contributed by atoms with Crippen molar-refractivity contribution in [2.45, 2.75) is 82.0 Å². The predicted molar refractivity (Wildman–Crippen MR) is 132 cm³/mol. The van der Waals surface area contributed by atoms with E-state index in [1.54, 1.807) is 6.07 Å². The summed E-state index contributed by atoms with van der Waals surface area (Å²) in [6.07, 6.45) is -0.933. The summed E-state index contributed by atoms with van der Waals surface area (Å²) >= 11 is 0. The van der Waals surface area contributed by atoms with Gasteiger partial charge in [-0.3, -0.25) is 14.7 Å². The lowest BCUT2D eigenvalue weighted by atomic mass is 10.0. The molecular weight excluding hydrogens is 503 g/mol. The molecule has 38 heavy (non-hydrogen) atoms. The number of nitrogens with one attached hydrogen (secondary N) is 3. The first kappa shape index (κ1) is 26.1. The van der Waals surface area contributed by atoms with E-state index in [-0.39, 0.29) is 40.5 Å². The van der Waals surface area contributed by atoms with Crippen LogP contribution in [0.4, 0.5) is 29.5 Å².